The molecule has 2 aliphatic rings. The van der Waals surface area contributed by atoms with Crippen molar-refractivity contribution in [2.24, 2.45) is 0 Å². The Morgan fingerprint density at radius 1 is 1.08 bits per heavy atom. The number of nitrogens with zero attached hydrogens (tertiary/aromatic N) is 1. The molecule has 5 nitrogen and oxygen atoms in total. The molecule has 1 N–H and O–H groups in total. The molecule has 3 rings (SSSR count). The molecule has 144 valence electrons. The molecular weight excluding hydrogens is 348 g/mol. The lowest BCUT2D eigenvalue weighted by Gasteiger charge is -2.35. The van der Waals surface area contributed by atoms with Gasteiger partial charge in [0, 0.05) is 12.6 Å². The molecule has 1 aromatic rings. The average Bonchev–Trinajstić information content (AvgIpc) is 2.62. The summed E-state index contributed by atoms with van der Waals surface area (Å²) in [5, 5.41) is 3.17. The first-order chi connectivity index (χ1) is 12.5. The Morgan fingerprint density at radius 2 is 1.69 bits per heavy atom. The summed E-state index contributed by atoms with van der Waals surface area (Å²) in [7, 11) is -3.44. The molecule has 6 heteroatoms. The molecule has 1 saturated carbocycles. The normalized spacial score (nSPS) is 22.9. The molecule has 1 aliphatic carbocycles. The predicted molar refractivity (Wildman–Crippen MR) is 103 cm³/mol. The highest BCUT2D eigenvalue weighted by atomic mass is 32.2. The number of sulfonamides is 1. The van der Waals surface area contributed by atoms with Crippen LogP contribution in [0.15, 0.2) is 24.3 Å². The maximum Gasteiger partial charge on any atom is 0.239 e. The number of carbonyl (C=O) groups excluding carboxylic acids is 1. The Balaban J connectivity index is 1.79. The predicted octanol–water partition coefficient (Wildman–Crippen LogP) is 2.99. The molecular formula is C20H30N2O3S. The number of rotatable bonds is 4. The van der Waals surface area contributed by atoms with E-state index in [9.17, 15) is 13.2 Å². The minimum Gasteiger partial charge on any atom is -0.352 e. The fourth-order valence-electron chi connectivity index (χ4n) is 4.08. The van der Waals surface area contributed by atoms with Crippen LogP contribution in [0.3, 0.4) is 0 Å². The highest BCUT2D eigenvalue weighted by Gasteiger charge is 2.38. The molecule has 1 heterocycles. The maximum absolute atomic E-state index is 13.0. The van der Waals surface area contributed by atoms with Crippen LogP contribution in [0.1, 0.15) is 63.0 Å². The monoisotopic (exact) mass is 378 g/mol. The van der Waals surface area contributed by atoms with E-state index >= 15 is 0 Å². The van der Waals surface area contributed by atoms with E-state index < -0.39 is 16.1 Å². The van der Waals surface area contributed by atoms with E-state index in [1.165, 1.54) is 23.6 Å². The highest BCUT2D eigenvalue weighted by Crippen LogP contribution is 2.27. The van der Waals surface area contributed by atoms with Gasteiger partial charge < -0.3 is 5.32 Å². The average molecular weight is 379 g/mol. The van der Waals surface area contributed by atoms with Gasteiger partial charge in [-0.2, -0.15) is 4.31 Å². The minimum absolute atomic E-state index is 0.0162. The first-order valence-corrected chi connectivity index (χ1v) is 11.5. The molecule has 1 aromatic carbocycles. The zero-order valence-corrected chi connectivity index (χ0v) is 16.4. The van der Waals surface area contributed by atoms with Gasteiger partial charge in [0.15, 0.2) is 0 Å². The van der Waals surface area contributed by atoms with Crippen molar-refractivity contribution in [2.75, 3.05) is 5.75 Å². The molecule has 1 atom stereocenters. The lowest BCUT2D eigenvalue weighted by atomic mass is 9.94. The second kappa shape index (κ2) is 8.53. The minimum atomic E-state index is -3.44. The lowest BCUT2D eigenvalue weighted by Crippen LogP contribution is -2.54. The van der Waals surface area contributed by atoms with Crippen LogP contribution in [0.25, 0.3) is 0 Å². The van der Waals surface area contributed by atoms with Crippen LogP contribution in [0.2, 0.25) is 0 Å². The van der Waals surface area contributed by atoms with Crippen LogP contribution >= 0.6 is 0 Å². The van der Waals surface area contributed by atoms with Crippen molar-refractivity contribution < 1.29 is 13.2 Å². The smallest absolute Gasteiger partial charge is 0.239 e. The number of hydrogen-bond acceptors (Lipinski definition) is 3. The summed E-state index contributed by atoms with van der Waals surface area (Å²) < 4.78 is 26.6. The van der Waals surface area contributed by atoms with E-state index in [1.807, 2.05) is 24.3 Å². The molecule has 1 unspecified atom stereocenters. The van der Waals surface area contributed by atoms with Gasteiger partial charge in [-0.1, -0.05) is 56.4 Å². The van der Waals surface area contributed by atoms with E-state index in [2.05, 4.69) is 5.32 Å². The molecule has 0 radical (unpaired) electrons. The van der Waals surface area contributed by atoms with Crippen LogP contribution in [0, 0.1) is 0 Å². The number of hydrogen-bond donors (Lipinski definition) is 1. The van der Waals surface area contributed by atoms with E-state index in [0.29, 0.717) is 6.42 Å². The standard InChI is InChI=1S/C20H30N2O3S/c1-2-26(24,25)22-15-17-11-9-8-10-16(17)14-19(22)20(23)21-18-12-6-4-3-5-7-13-18/h8-11,18-19H,2-7,12-15H2,1H3,(H,21,23). The third-order valence-electron chi connectivity index (χ3n) is 5.68. The number of nitrogens with one attached hydrogen (secondary N) is 1. The summed E-state index contributed by atoms with van der Waals surface area (Å²) in [5.74, 6) is -0.121. The summed E-state index contributed by atoms with van der Waals surface area (Å²) >= 11 is 0. The first kappa shape index (κ1) is 19.4. The van der Waals surface area contributed by atoms with E-state index in [-0.39, 0.29) is 24.2 Å². The Hall–Kier alpha value is -1.40. The zero-order chi connectivity index (χ0) is 18.6. The van der Waals surface area contributed by atoms with Crippen LogP contribution in [-0.2, 0) is 27.8 Å². The van der Waals surface area contributed by atoms with Crippen molar-refractivity contribution in [3.05, 3.63) is 35.4 Å². The van der Waals surface area contributed by atoms with Gasteiger partial charge in [-0.25, -0.2) is 8.42 Å². The second-order valence-corrected chi connectivity index (χ2v) is 9.70. The Bertz CT molecular complexity index is 724. The quantitative estimate of drug-likeness (QED) is 0.876. The van der Waals surface area contributed by atoms with Gasteiger partial charge in [-0.05, 0) is 37.3 Å². The van der Waals surface area contributed by atoms with Gasteiger partial charge in [-0.3, -0.25) is 4.79 Å². The van der Waals surface area contributed by atoms with Crippen LogP contribution in [0.5, 0.6) is 0 Å². The molecule has 1 fully saturated rings. The Morgan fingerprint density at radius 3 is 2.35 bits per heavy atom. The molecule has 0 aromatic heterocycles. The van der Waals surface area contributed by atoms with Crippen molar-refractivity contribution in [2.45, 2.75) is 76.9 Å². The van der Waals surface area contributed by atoms with Gasteiger partial charge in [0.05, 0.1) is 5.75 Å². The summed E-state index contributed by atoms with van der Waals surface area (Å²) in [6.45, 7) is 1.93. The third-order valence-corrected chi connectivity index (χ3v) is 7.51. The fraction of sp³-hybridized carbons (Fsp3) is 0.650. The Kier molecular flexibility index (Phi) is 6.35. The lowest BCUT2D eigenvalue weighted by molar-refractivity contribution is -0.126. The highest BCUT2D eigenvalue weighted by molar-refractivity contribution is 7.89. The molecule has 26 heavy (non-hydrogen) atoms. The van der Waals surface area contributed by atoms with Crippen LogP contribution in [0.4, 0.5) is 0 Å². The molecule has 0 bridgehead atoms. The van der Waals surface area contributed by atoms with E-state index in [4.69, 9.17) is 0 Å². The zero-order valence-electron chi connectivity index (χ0n) is 15.6. The SMILES string of the molecule is CCS(=O)(=O)N1Cc2ccccc2CC1C(=O)NC1CCCCCCC1. The molecule has 1 aliphatic heterocycles. The van der Waals surface area contributed by atoms with E-state index in [0.717, 1.165) is 36.8 Å². The first-order valence-electron chi connectivity index (χ1n) is 9.88. The topological polar surface area (TPSA) is 66.5 Å². The summed E-state index contributed by atoms with van der Waals surface area (Å²) in [5.41, 5.74) is 2.08. The summed E-state index contributed by atoms with van der Waals surface area (Å²) in [4.78, 5) is 13.0. The number of fused-ring (bicyclic) bond motifs is 1. The maximum atomic E-state index is 13.0. The van der Waals surface area contributed by atoms with Gasteiger partial charge in [-0.15, -0.1) is 0 Å². The molecule has 1 amide bonds. The van der Waals surface area contributed by atoms with Gasteiger partial charge in [0.25, 0.3) is 0 Å². The summed E-state index contributed by atoms with van der Waals surface area (Å²) in [6.07, 6.45) is 8.44. The number of amides is 1. The van der Waals surface area contributed by atoms with Crippen molar-refractivity contribution in [1.82, 2.24) is 9.62 Å². The van der Waals surface area contributed by atoms with Crippen molar-refractivity contribution in [3.63, 3.8) is 0 Å². The molecule has 0 saturated heterocycles. The Labute approximate surface area is 157 Å². The largest absolute Gasteiger partial charge is 0.352 e. The van der Waals surface area contributed by atoms with Gasteiger partial charge in [0.2, 0.25) is 15.9 Å². The third kappa shape index (κ3) is 4.46. The van der Waals surface area contributed by atoms with Crippen LogP contribution < -0.4 is 5.32 Å². The van der Waals surface area contributed by atoms with E-state index in [1.54, 1.807) is 6.92 Å². The van der Waals surface area contributed by atoms with Gasteiger partial charge >= 0.3 is 0 Å². The number of carbonyl (C=O) groups is 1. The molecule has 0 spiro atoms. The van der Waals surface area contributed by atoms with Crippen LogP contribution in [-0.4, -0.2) is 36.5 Å². The number of benzene rings is 1. The van der Waals surface area contributed by atoms with Crippen molar-refractivity contribution in [3.8, 4) is 0 Å². The summed E-state index contributed by atoms with van der Waals surface area (Å²) in [6, 6.07) is 7.36. The fourth-order valence-corrected chi connectivity index (χ4v) is 5.30. The van der Waals surface area contributed by atoms with Gasteiger partial charge in [0.1, 0.15) is 6.04 Å². The van der Waals surface area contributed by atoms with Crippen molar-refractivity contribution in [1.29, 1.82) is 0 Å². The van der Waals surface area contributed by atoms with Crippen molar-refractivity contribution >= 4 is 15.9 Å². The second-order valence-electron chi connectivity index (χ2n) is 7.49.